The molecule has 0 amide bonds. The van der Waals surface area contributed by atoms with Crippen molar-refractivity contribution in [3.8, 4) is 11.5 Å². The number of carbonyl (C=O) groups excluding carboxylic acids is 3. The highest BCUT2D eigenvalue weighted by atomic mass is 16.5. The van der Waals surface area contributed by atoms with E-state index < -0.39 is 77.8 Å². The molecule has 0 aliphatic heterocycles. The SMILES string of the molecule is COc1cc(C)cc(C(=O)OCC(O)C(O)C(O)C(O)CO)c1C1=C(O)c2cccc(O)c2C(=O)C1=O. The van der Waals surface area contributed by atoms with Crippen molar-refractivity contribution < 1.29 is 59.6 Å². The number of aromatic hydroxyl groups is 1. The van der Waals surface area contributed by atoms with E-state index >= 15 is 0 Å². The van der Waals surface area contributed by atoms with Crippen LogP contribution in [0.25, 0.3) is 11.3 Å². The monoisotopic (exact) mass is 518 g/mol. The van der Waals surface area contributed by atoms with Gasteiger partial charge in [-0.2, -0.15) is 0 Å². The standard InChI is InChI=1S/C25H26O12/c1-10-6-12(25(35)37-9-15(29)22(32)21(31)14(28)8-26)18(16(7-10)36-2)19-20(30)11-4-3-5-13(27)17(11)23(33)24(19)34/h3-7,14-15,21-22,26-32H,8-9H2,1-2H3. The summed E-state index contributed by atoms with van der Waals surface area (Å²) in [5, 5.41) is 69.1. The molecule has 0 saturated heterocycles. The number of ketones is 2. The van der Waals surface area contributed by atoms with Crippen LogP contribution in [-0.2, 0) is 9.53 Å². The molecular weight excluding hydrogens is 492 g/mol. The van der Waals surface area contributed by atoms with Crippen molar-refractivity contribution in [3.05, 3.63) is 58.1 Å². The van der Waals surface area contributed by atoms with Gasteiger partial charge < -0.3 is 45.2 Å². The van der Waals surface area contributed by atoms with Gasteiger partial charge in [-0.1, -0.05) is 12.1 Å². The van der Waals surface area contributed by atoms with Crippen LogP contribution in [0.15, 0.2) is 30.3 Å². The van der Waals surface area contributed by atoms with Gasteiger partial charge in [0.25, 0.3) is 0 Å². The molecule has 0 fully saturated rings. The molecule has 198 valence electrons. The molecule has 1 aliphatic rings. The zero-order valence-corrected chi connectivity index (χ0v) is 19.8. The molecule has 1 aliphatic carbocycles. The summed E-state index contributed by atoms with van der Waals surface area (Å²) in [6, 6.07) is 6.54. The highest BCUT2D eigenvalue weighted by Crippen LogP contribution is 2.41. The smallest absolute Gasteiger partial charge is 0.339 e. The lowest BCUT2D eigenvalue weighted by Crippen LogP contribution is -2.47. The second kappa shape index (κ2) is 11.1. The fraction of sp³-hybridized carbons (Fsp3) is 0.320. The third kappa shape index (κ3) is 5.19. The third-order valence-corrected chi connectivity index (χ3v) is 5.84. The van der Waals surface area contributed by atoms with Crippen molar-refractivity contribution in [2.45, 2.75) is 31.3 Å². The molecule has 0 saturated carbocycles. The summed E-state index contributed by atoms with van der Waals surface area (Å²) >= 11 is 0. The average molecular weight is 518 g/mol. The van der Waals surface area contributed by atoms with Crippen LogP contribution in [0.3, 0.4) is 0 Å². The van der Waals surface area contributed by atoms with Crippen molar-refractivity contribution in [2.75, 3.05) is 20.3 Å². The third-order valence-electron chi connectivity index (χ3n) is 5.84. The van der Waals surface area contributed by atoms with E-state index in [0.717, 1.165) is 0 Å². The maximum atomic E-state index is 13.1. The molecule has 4 unspecified atom stereocenters. The first-order valence-electron chi connectivity index (χ1n) is 11.0. The number of carbonyl (C=O) groups is 3. The highest BCUT2D eigenvalue weighted by molar-refractivity contribution is 6.62. The Morgan fingerprint density at radius 1 is 0.946 bits per heavy atom. The van der Waals surface area contributed by atoms with E-state index in [4.69, 9.17) is 14.6 Å². The molecule has 0 aromatic heterocycles. The summed E-state index contributed by atoms with van der Waals surface area (Å²) in [6.45, 7) is -0.188. The molecule has 0 bridgehead atoms. The first-order valence-corrected chi connectivity index (χ1v) is 11.0. The lowest BCUT2D eigenvalue weighted by atomic mass is 9.82. The number of allylic oxidation sites excluding steroid dienone is 1. The fourth-order valence-corrected chi connectivity index (χ4v) is 3.91. The van der Waals surface area contributed by atoms with Crippen LogP contribution in [0.1, 0.15) is 37.4 Å². The van der Waals surface area contributed by atoms with Crippen LogP contribution in [0, 0.1) is 6.92 Å². The van der Waals surface area contributed by atoms with Gasteiger partial charge in [-0.05, 0) is 30.7 Å². The number of aryl methyl sites for hydroxylation is 1. The summed E-state index contributed by atoms with van der Waals surface area (Å²) in [5.41, 5.74) is -1.27. The number of esters is 1. The van der Waals surface area contributed by atoms with Gasteiger partial charge in [0.2, 0.25) is 11.6 Å². The van der Waals surface area contributed by atoms with Gasteiger partial charge in [0.05, 0.1) is 30.4 Å². The second-order valence-electron chi connectivity index (χ2n) is 8.37. The average Bonchev–Trinajstić information content (AvgIpc) is 2.89. The number of phenolic OH excluding ortho intramolecular Hbond substituents is 1. The molecule has 2 aromatic rings. The molecule has 2 aromatic carbocycles. The number of methoxy groups -OCH3 is 1. The molecular formula is C25H26O12. The van der Waals surface area contributed by atoms with E-state index in [1.54, 1.807) is 6.92 Å². The zero-order chi connectivity index (χ0) is 27.6. The lowest BCUT2D eigenvalue weighted by Gasteiger charge is -2.25. The van der Waals surface area contributed by atoms with Gasteiger partial charge in [-0.25, -0.2) is 4.79 Å². The number of aliphatic hydroxyl groups is 6. The molecule has 12 nitrogen and oxygen atoms in total. The van der Waals surface area contributed by atoms with Crippen LogP contribution < -0.4 is 4.74 Å². The van der Waals surface area contributed by atoms with E-state index in [1.807, 2.05) is 0 Å². The van der Waals surface area contributed by atoms with E-state index in [-0.39, 0.29) is 22.4 Å². The maximum Gasteiger partial charge on any atom is 0.339 e. The summed E-state index contributed by atoms with van der Waals surface area (Å²) in [4.78, 5) is 38.9. The first kappa shape index (κ1) is 27.8. The molecule has 4 atom stereocenters. The van der Waals surface area contributed by atoms with Crippen molar-refractivity contribution in [1.29, 1.82) is 0 Å². The predicted octanol–water partition coefficient (Wildman–Crippen LogP) is -0.506. The number of Topliss-reactive ketones (excluding diaryl/α,β-unsaturated/α-hetero) is 2. The van der Waals surface area contributed by atoms with Crippen LogP contribution in [0.4, 0.5) is 0 Å². The summed E-state index contributed by atoms with van der Waals surface area (Å²) in [5.74, 6) is -4.78. The number of benzene rings is 2. The van der Waals surface area contributed by atoms with E-state index in [9.17, 15) is 45.0 Å². The van der Waals surface area contributed by atoms with Crippen LogP contribution in [-0.4, -0.2) is 98.0 Å². The van der Waals surface area contributed by atoms with E-state index in [2.05, 4.69) is 0 Å². The van der Waals surface area contributed by atoms with Crippen LogP contribution in [0.5, 0.6) is 11.5 Å². The lowest BCUT2D eigenvalue weighted by molar-refractivity contribution is -0.124. The predicted molar refractivity (Wildman–Crippen MR) is 126 cm³/mol. The summed E-state index contributed by atoms with van der Waals surface area (Å²) in [7, 11) is 1.23. The number of rotatable bonds is 9. The Balaban J connectivity index is 2.06. The summed E-state index contributed by atoms with van der Waals surface area (Å²) in [6.07, 6.45) is -7.58. The summed E-state index contributed by atoms with van der Waals surface area (Å²) < 4.78 is 10.4. The number of fused-ring (bicyclic) bond motifs is 1. The van der Waals surface area contributed by atoms with Gasteiger partial charge in [-0.15, -0.1) is 0 Å². The van der Waals surface area contributed by atoms with Gasteiger partial charge in [-0.3, -0.25) is 9.59 Å². The quantitative estimate of drug-likeness (QED) is 0.165. The number of phenols is 1. The Kier molecular flexibility index (Phi) is 8.31. The molecule has 3 rings (SSSR count). The van der Waals surface area contributed by atoms with Crippen LogP contribution >= 0.6 is 0 Å². The highest BCUT2D eigenvalue weighted by Gasteiger charge is 2.39. The van der Waals surface area contributed by atoms with Gasteiger partial charge in [0, 0.05) is 11.1 Å². The fourth-order valence-electron chi connectivity index (χ4n) is 3.91. The largest absolute Gasteiger partial charge is 0.507 e. The van der Waals surface area contributed by atoms with E-state index in [0.29, 0.717) is 5.56 Å². The number of ether oxygens (including phenoxy) is 2. The molecule has 37 heavy (non-hydrogen) atoms. The van der Waals surface area contributed by atoms with Crippen molar-refractivity contribution >= 4 is 28.9 Å². The van der Waals surface area contributed by atoms with Crippen LogP contribution in [0.2, 0.25) is 0 Å². The Hall–Kier alpha value is -3.81. The van der Waals surface area contributed by atoms with Gasteiger partial charge >= 0.3 is 5.97 Å². The van der Waals surface area contributed by atoms with Crippen molar-refractivity contribution in [3.63, 3.8) is 0 Å². The Morgan fingerprint density at radius 3 is 2.22 bits per heavy atom. The first-order chi connectivity index (χ1) is 17.4. The normalized spacial score (nSPS) is 16.6. The maximum absolute atomic E-state index is 13.1. The Labute approximate surface area is 210 Å². The second-order valence-corrected chi connectivity index (χ2v) is 8.37. The van der Waals surface area contributed by atoms with Gasteiger partial charge in [0.1, 0.15) is 48.3 Å². The Bertz CT molecular complexity index is 1260. The molecule has 0 spiro atoms. The molecule has 7 N–H and O–H groups in total. The number of hydrogen-bond donors (Lipinski definition) is 7. The van der Waals surface area contributed by atoms with E-state index in [1.165, 1.54) is 37.4 Å². The number of aliphatic hydroxyl groups excluding tert-OH is 6. The molecule has 12 heteroatoms. The number of hydrogen-bond acceptors (Lipinski definition) is 12. The van der Waals surface area contributed by atoms with Gasteiger partial charge in [0.15, 0.2) is 0 Å². The minimum atomic E-state index is -1.99. The minimum absolute atomic E-state index is 0.0691. The van der Waals surface area contributed by atoms with Crippen molar-refractivity contribution in [2.24, 2.45) is 0 Å². The molecule has 0 heterocycles. The zero-order valence-electron chi connectivity index (χ0n) is 19.8. The molecule has 0 radical (unpaired) electrons. The topological polar surface area (TPSA) is 211 Å². The minimum Gasteiger partial charge on any atom is -0.507 e. The Morgan fingerprint density at radius 2 is 1.59 bits per heavy atom. The van der Waals surface area contributed by atoms with Crippen molar-refractivity contribution in [1.82, 2.24) is 0 Å².